The molecule has 3 nitrogen and oxygen atoms in total. The van der Waals surface area contributed by atoms with E-state index in [-0.39, 0.29) is 0 Å². The van der Waals surface area contributed by atoms with Crippen LogP contribution in [0.3, 0.4) is 0 Å². The van der Waals surface area contributed by atoms with Gasteiger partial charge in [-0.25, -0.2) is 0 Å². The van der Waals surface area contributed by atoms with Crippen molar-refractivity contribution >= 4 is 17.6 Å². The number of nitrogen functional groups attached to an aromatic ring is 1. The van der Waals surface area contributed by atoms with Crippen LogP contribution in [-0.2, 0) is 0 Å². The molecule has 0 spiro atoms. The van der Waals surface area contributed by atoms with Gasteiger partial charge < -0.3 is 16.5 Å². The quantitative estimate of drug-likeness (QED) is 0.571. The largest absolute Gasteiger partial charge is 0.398 e. The van der Waals surface area contributed by atoms with Crippen LogP contribution in [0, 0.1) is 18.3 Å². The summed E-state index contributed by atoms with van der Waals surface area (Å²) in [6, 6.07) is 12.3. The SMILES string of the molecule is Cc1ccc(-c2ccc(NCC3CC3)c(C=N)c2)c(N)c1. The number of benzene rings is 2. The number of nitrogens with one attached hydrogen (secondary N) is 2. The fourth-order valence-electron chi connectivity index (χ4n) is 2.53. The summed E-state index contributed by atoms with van der Waals surface area (Å²) < 4.78 is 0. The van der Waals surface area contributed by atoms with Gasteiger partial charge in [-0.1, -0.05) is 18.2 Å². The maximum Gasteiger partial charge on any atom is 0.0429 e. The van der Waals surface area contributed by atoms with Gasteiger partial charge in [0.2, 0.25) is 0 Å². The van der Waals surface area contributed by atoms with Crippen molar-refractivity contribution in [1.29, 1.82) is 5.41 Å². The van der Waals surface area contributed by atoms with Gasteiger partial charge in [0.15, 0.2) is 0 Å². The first-order chi connectivity index (χ1) is 10.2. The van der Waals surface area contributed by atoms with E-state index >= 15 is 0 Å². The molecule has 1 fully saturated rings. The molecule has 1 aliphatic carbocycles. The van der Waals surface area contributed by atoms with E-state index < -0.39 is 0 Å². The molecule has 3 rings (SSSR count). The third-order valence-electron chi connectivity index (χ3n) is 4.00. The topological polar surface area (TPSA) is 61.9 Å². The second-order valence-electron chi connectivity index (χ2n) is 5.86. The van der Waals surface area contributed by atoms with Crippen LogP contribution in [0.25, 0.3) is 11.1 Å². The van der Waals surface area contributed by atoms with Crippen LogP contribution >= 0.6 is 0 Å². The van der Waals surface area contributed by atoms with Crippen molar-refractivity contribution in [3.8, 4) is 11.1 Å². The lowest BCUT2D eigenvalue weighted by Crippen LogP contribution is -2.05. The van der Waals surface area contributed by atoms with Crippen LogP contribution in [0.4, 0.5) is 11.4 Å². The van der Waals surface area contributed by atoms with Crippen molar-refractivity contribution in [2.75, 3.05) is 17.6 Å². The standard InChI is InChI=1S/C18H21N3/c1-12-2-6-16(17(20)8-12)14-5-7-18(15(9-14)10-19)21-11-13-3-4-13/h2,5-10,13,19,21H,3-4,11,20H2,1H3. The van der Waals surface area contributed by atoms with E-state index in [0.717, 1.165) is 46.1 Å². The molecule has 21 heavy (non-hydrogen) atoms. The predicted molar refractivity (Wildman–Crippen MR) is 90.1 cm³/mol. The number of anilines is 2. The molecule has 2 aromatic carbocycles. The molecule has 0 heterocycles. The van der Waals surface area contributed by atoms with Gasteiger partial charge in [-0.05, 0) is 55.0 Å². The monoisotopic (exact) mass is 279 g/mol. The molecule has 0 radical (unpaired) electrons. The van der Waals surface area contributed by atoms with E-state index in [0.29, 0.717) is 0 Å². The highest BCUT2D eigenvalue weighted by Crippen LogP contribution is 2.32. The summed E-state index contributed by atoms with van der Waals surface area (Å²) in [6.07, 6.45) is 4.05. The van der Waals surface area contributed by atoms with E-state index in [2.05, 4.69) is 23.5 Å². The molecule has 0 aromatic heterocycles. The minimum absolute atomic E-state index is 0.782. The van der Waals surface area contributed by atoms with E-state index in [4.69, 9.17) is 11.1 Å². The highest BCUT2D eigenvalue weighted by molar-refractivity contribution is 5.90. The lowest BCUT2D eigenvalue weighted by Gasteiger charge is -2.12. The predicted octanol–water partition coefficient (Wildman–Crippen LogP) is 4.06. The first kappa shape index (κ1) is 13.7. The van der Waals surface area contributed by atoms with Gasteiger partial charge in [-0.3, -0.25) is 0 Å². The summed E-state index contributed by atoms with van der Waals surface area (Å²) in [7, 11) is 0. The number of nitrogens with two attached hydrogens (primary N) is 1. The molecule has 0 amide bonds. The molecule has 0 unspecified atom stereocenters. The summed E-state index contributed by atoms with van der Waals surface area (Å²) in [4.78, 5) is 0. The lowest BCUT2D eigenvalue weighted by atomic mass is 9.99. The van der Waals surface area contributed by atoms with Crippen LogP contribution in [0.15, 0.2) is 36.4 Å². The van der Waals surface area contributed by atoms with E-state index in [1.165, 1.54) is 19.1 Å². The summed E-state index contributed by atoms with van der Waals surface area (Å²) in [5.74, 6) is 0.816. The van der Waals surface area contributed by atoms with Crippen molar-refractivity contribution in [3.05, 3.63) is 47.5 Å². The molecule has 108 valence electrons. The molecule has 1 aliphatic rings. The number of hydrogen-bond acceptors (Lipinski definition) is 3. The lowest BCUT2D eigenvalue weighted by molar-refractivity contribution is 0.889. The molecule has 1 saturated carbocycles. The van der Waals surface area contributed by atoms with Crippen LogP contribution in [-0.4, -0.2) is 12.8 Å². The highest BCUT2D eigenvalue weighted by atomic mass is 14.9. The first-order valence-electron chi connectivity index (χ1n) is 7.42. The minimum Gasteiger partial charge on any atom is -0.398 e. The highest BCUT2D eigenvalue weighted by Gasteiger charge is 2.20. The van der Waals surface area contributed by atoms with E-state index in [1.54, 1.807) is 0 Å². The number of aryl methyl sites for hydroxylation is 1. The Morgan fingerprint density at radius 3 is 2.71 bits per heavy atom. The normalized spacial score (nSPS) is 14.0. The van der Waals surface area contributed by atoms with Crippen molar-refractivity contribution in [2.45, 2.75) is 19.8 Å². The third-order valence-corrected chi connectivity index (χ3v) is 4.00. The van der Waals surface area contributed by atoms with Crippen LogP contribution in [0.2, 0.25) is 0 Å². The Hall–Kier alpha value is -2.29. The average Bonchev–Trinajstić information content (AvgIpc) is 3.29. The van der Waals surface area contributed by atoms with Gasteiger partial charge in [0.05, 0.1) is 0 Å². The maximum atomic E-state index is 7.64. The van der Waals surface area contributed by atoms with Gasteiger partial charge in [0.1, 0.15) is 0 Å². The van der Waals surface area contributed by atoms with Gasteiger partial charge in [-0.2, -0.15) is 0 Å². The fourth-order valence-corrected chi connectivity index (χ4v) is 2.53. The molecule has 0 saturated heterocycles. The van der Waals surface area contributed by atoms with Crippen LogP contribution in [0.5, 0.6) is 0 Å². The maximum absolute atomic E-state index is 7.64. The van der Waals surface area contributed by atoms with Crippen molar-refractivity contribution in [1.82, 2.24) is 0 Å². The van der Waals surface area contributed by atoms with Crippen molar-refractivity contribution in [3.63, 3.8) is 0 Å². The smallest absolute Gasteiger partial charge is 0.0429 e. The fraction of sp³-hybridized carbons (Fsp3) is 0.278. The first-order valence-corrected chi connectivity index (χ1v) is 7.42. The Kier molecular flexibility index (Phi) is 3.65. The van der Waals surface area contributed by atoms with Crippen molar-refractivity contribution in [2.24, 2.45) is 5.92 Å². The second kappa shape index (κ2) is 5.60. The summed E-state index contributed by atoms with van der Waals surface area (Å²) >= 11 is 0. The number of rotatable bonds is 5. The molecule has 0 bridgehead atoms. The zero-order valence-electron chi connectivity index (χ0n) is 12.3. The average molecular weight is 279 g/mol. The van der Waals surface area contributed by atoms with Gasteiger partial charge >= 0.3 is 0 Å². The number of hydrogen-bond donors (Lipinski definition) is 3. The van der Waals surface area contributed by atoms with Gasteiger partial charge in [-0.15, -0.1) is 0 Å². The van der Waals surface area contributed by atoms with E-state index in [1.807, 2.05) is 25.1 Å². The van der Waals surface area contributed by atoms with Crippen molar-refractivity contribution < 1.29 is 0 Å². The zero-order valence-corrected chi connectivity index (χ0v) is 12.3. The molecule has 0 aliphatic heterocycles. The second-order valence-corrected chi connectivity index (χ2v) is 5.86. The van der Waals surface area contributed by atoms with E-state index in [9.17, 15) is 0 Å². The zero-order chi connectivity index (χ0) is 14.8. The molecule has 4 N–H and O–H groups in total. The Labute approximate surface area is 125 Å². The van der Waals surface area contributed by atoms with Crippen LogP contribution < -0.4 is 11.1 Å². The summed E-state index contributed by atoms with van der Waals surface area (Å²) in [5.41, 5.74) is 12.1. The molecule has 2 aromatic rings. The molecular formula is C18H21N3. The van der Waals surface area contributed by atoms with Crippen LogP contribution in [0.1, 0.15) is 24.0 Å². The minimum atomic E-state index is 0.782. The molecule has 3 heteroatoms. The molecular weight excluding hydrogens is 258 g/mol. The Bertz CT molecular complexity index is 672. The Morgan fingerprint density at radius 2 is 2.05 bits per heavy atom. The summed E-state index contributed by atoms with van der Waals surface area (Å²) in [6.45, 7) is 3.04. The van der Waals surface area contributed by atoms with Gasteiger partial charge in [0.25, 0.3) is 0 Å². The Morgan fingerprint density at radius 1 is 1.24 bits per heavy atom. The molecule has 0 atom stereocenters. The third kappa shape index (κ3) is 3.07. The Balaban J connectivity index is 1.90. The van der Waals surface area contributed by atoms with Gasteiger partial charge in [0, 0.05) is 35.3 Å². The summed E-state index contributed by atoms with van der Waals surface area (Å²) in [5, 5.41) is 11.1.